The largest absolute Gasteiger partial charge is 0.463 e. The molecule has 0 aromatic carbocycles. The van der Waals surface area contributed by atoms with Crippen molar-refractivity contribution in [2.45, 2.75) is 38.7 Å². The molecule has 1 fully saturated rings. The molecule has 0 bridgehead atoms. The second kappa shape index (κ2) is 7.11. The molecule has 0 saturated carbocycles. The average molecular weight is 389 g/mol. The Hall–Kier alpha value is -1.97. The Bertz CT molecular complexity index is 827. The van der Waals surface area contributed by atoms with E-state index in [0.29, 0.717) is 17.6 Å². The van der Waals surface area contributed by atoms with E-state index in [-0.39, 0.29) is 17.0 Å². The fraction of sp³-hybridized carbons (Fsp3) is 0.500. The van der Waals surface area contributed by atoms with Crippen LogP contribution in [0.4, 0.5) is 0 Å². The van der Waals surface area contributed by atoms with Crippen molar-refractivity contribution >= 4 is 46.3 Å². The van der Waals surface area contributed by atoms with Crippen molar-refractivity contribution < 1.29 is 23.8 Å². The van der Waals surface area contributed by atoms with Gasteiger partial charge in [-0.3, -0.25) is 14.2 Å². The van der Waals surface area contributed by atoms with Crippen LogP contribution in [0, 0.1) is 0 Å². The quantitative estimate of drug-likeness (QED) is 0.444. The van der Waals surface area contributed by atoms with Crippen LogP contribution in [0.3, 0.4) is 0 Å². The highest BCUT2D eigenvalue weighted by Gasteiger charge is 2.40. The minimum absolute atomic E-state index is 0.0229. The molecule has 1 saturated heterocycles. The van der Waals surface area contributed by atoms with E-state index in [0.717, 1.165) is 0 Å². The van der Waals surface area contributed by atoms with Crippen LogP contribution in [0.2, 0.25) is 10.4 Å². The average Bonchev–Trinajstić information content (AvgIpc) is 3.08. The Morgan fingerprint density at radius 3 is 2.76 bits per heavy atom. The number of fused-ring (bicyclic) bond motifs is 1. The smallest absolute Gasteiger partial charge is 0.303 e. The van der Waals surface area contributed by atoms with Crippen molar-refractivity contribution in [3.05, 3.63) is 16.8 Å². The Morgan fingerprint density at radius 2 is 2.08 bits per heavy atom. The number of hydrogen-bond donors (Lipinski definition) is 0. The number of halogens is 2. The van der Waals surface area contributed by atoms with Crippen molar-refractivity contribution in [1.82, 2.24) is 19.5 Å². The van der Waals surface area contributed by atoms with Crippen LogP contribution in [0.25, 0.3) is 11.2 Å². The van der Waals surface area contributed by atoms with Gasteiger partial charge in [-0.1, -0.05) is 11.6 Å². The number of hydrogen-bond acceptors (Lipinski definition) is 8. The zero-order chi connectivity index (χ0) is 18.1. The van der Waals surface area contributed by atoms with E-state index in [4.69, 9.17) is 37.4 Å². The lowest BCUT2D eigenvalue weighted by atomic mass is 10.2. The summed E-state index contributed by atoms with van der Waals surface area (Å²) in [5.41, 5.74) is 0.770. The van der Waals surface area contributed by atoms with Gasteiger partial charge >= 0.3 is 11.9 Å². The normalized spacial score (nSPS) is 23.0. The molecule has 0 aliphatic carbocycles. The van der Waals surface area contributed by atoms with E-state index in [2.05, 4.69) is 15.0 Å². The predicted molar refractivity (Wildman–Crippen MR) is 86.1 cm³/mol. The van der Waals surface area contributed by atoms with Gasteiger partial charge in [-0.05, 0) is 11.6 Å². The number of aromatic nitrogens is 4. The molecule has 0 N–H and O–H groups in total. The lowest BCUT2D eigenvalue weighted by molar-refractivity contribution is -0.155. The molecular weight excluding hydrogens is 375 g/mol. The van der Waals surface area contributed by atoms with Gasteiger partial charge in [0.15, 0.2) is 10.8 Å². The maximum Gasteiger partial charge on any atom is 0.303 e. The van der Waals surface area contributed by atoms with Crippen molar-refractivity contribution in [3.63, 3.8) is 0 Å². The summed E-state index contributed by atoms with van der Waals surface area (Å²) in [6.07, 6.45) is 0.0913. The van der Waals surface area contributed by atoms with Gasteiger partial charge in [-0.25, -0.2) is 9.97 Å². The summed E-state index contributed by atoms with van der Waals surface area (Å²) >= 11 is 11.9. The zero-order valence-corrected chi connectivity index (χ0v) is 14.8. The summed E-state index contributed by atoms with van der Waals surface area (Å²) in [7, 11) is 0. The molecule has 2 aromatic heterocycles. The Labute approximate surface area is 152 Å². The number of rotatable bonds is 4. The highest BCUT2D eigenvalue weighted by Crippen LogP contribution is 2.34. The van der Waals surface area contributed by atoms with Crippen LogP contribution in [-0.2, 0) is 23.8 Å². The van der Waals surface area contributed by atoms with Gasteiger partial charge < -0.3 is 14.2 Å². The van der Waals surface area contributed by atoms with E-state index >= 15 is 0 Å². The van der Waals surface area contributed by atoms with E-state index in [1.807, 2.05) is 0 Å². The van der Waals surface area contributed by atoms with Gasteiger partial charge in [-0.2, -0.15) is 4.98 Å². The third kappa shape index (κ3) is 3.83. The summed E-state index contributed by atoms with van der Waals surface area (Å²) in [5, 5.41) is 0.102. The van der Waals surface area contributed by atoms with Gasteiger partial charge in [0.05, 0.1) is 6.33 Å². The van der Waals surface area contributed by atoms with E-state index in [1.165, 1.54) is 20.2 Å². The molecule has 1 aliphatic heterocycles. The number of imidazole rings is 1. The molecule has 0 amide bonds. The number of carbonyl (C=O) groups is 2. The number of esters is 2. The van der Waals surface area contributed by atoms with Crippen molar-refractivity contribution in [3.8, 4) is 0 Å². The number of ether oxygens (including phenoxy) is 3. The minimum atomic E-state index is -0.608. The zero-order valence-electron chi connectivity index (χ0n) is 13.3. The summed E-state index contributed by atoms with van der Waals surface area (Å²) in [4.78, 5) is 34.5. The van der Waals surface area contributed by atoms with Crippen molar-refractivity contribution in [2.24, 2.45) is 0 Å². The first kappa shape index (κ1) is 17.8. The molecule has 9 nitrogen and oxygen atoms in total. The number of nitrogens with zero attached hydrogens (tertiary/aromatic N) is 4. The van der Waals surface area contributed by atoms with Gasteiger partial charge in [0, 0.05) is 20.3 Å². The molecule has 0 spiro atoms. The molecule has 25 heavy (non-hydrogen) atoms. The standard InChI is InChI=1S/C14H14Cl2N4O5/c1-6(21)23-4-9-8(24-7(2)22)3-10(25-9)20-5-17-11-12(15)18-14(16)19-13(11)20/h5,8-10H,3-4H2,1-2H3/t8-,9-,10+/m1/s1. The molecule has 0 unspecified atom stereocenters. The Morgan fingerprint density at radius 1 is 1.32 bits per heavy atom. The minimum Gasteiger partial charge on any atom is -0.463 e. The van der Waals surface area contributed by atoms with Gasteiger partial charge in [0.2, 0.25) is 5.28 Å². The second-order valence-electron chi connectivity index (χ2n) is 5.42. The monoisotopic (exact) mass is 388 g/mol. The van der Waals surface area contributed by atoms with Crippen LogP contribution in [0.5, 0.6) is 0 Å². The van der Waals surface area contributed by atoms with Crippen LogP contribution < -0.4 is 0 Å². The predicted octanol–water partition coefficient (Wildman–Crippen LogP) is 1.92. The van der Waals surface area contributed by atoms with E-state index < -0.39 is 30.4 Å². The topological polar surface area (TPSA) is 105 Å². The Kier molecular flexibility index (Phi) is 5.07. The van der Waals surface area contributed by atoms with Crippen molar-refractivity contribution in [2.75, 3.05) is 6.61 Å². The molecule has 2 aromatic rings. The summed E-state index contributed by atoms with van der Waals surface area (Å²) in [6, 6.07) is 0. The number of carbonyl (C=O) groups excluding carboxylic acids is 2. The van der Waals surface area contributed by atoms with Gasteiger partial charge in [-0.15, -0.1) is 0 Å². The van der Waals surface area contributed by atoms with E-state index in [1.54, 1.807) is 4.57 Å². The molecule has 3 heterocycles. The first-order valence-corrected chi connectivity index (χ1v) is 8.12. The summed E-state index contributed by atoms with van der Waals surface area (Å²) in [5.74, 6) is -0.904. The van der Waals surface area contributed by atoms with Crippen LogP contribution in [-0.4, -0.2) is 50.3 Å². The molecule has 1 aliphatic rings. The maximum atomic E-state index is 11.3. The molecule has 3 rings (SSSR count). The van der Waals surface area contributed by atoms with Crippen molar-refractivity contribution in [1.29, 1.82) is 0 Å². The van der Waals surface area contributed by atoms with Gasteiger partial charge in [0.25, 0.3) is 0 Å². The molecule has 3 atom stereocenters. The third-order valence-corrected chi connectivity index (χ3v) is 4.04. The molecular formula is C14H14Cl2N4O5. The molecule has 0 radical (unpaired) electrons. The Balaban J connectivity index is 1.87. The lowest BCUT2D eigenvalue weighted by Crippen LogP contribution is -2.31. The highest BCUT2D eigenvalue weighted by molar-refractivity contribution is 6.35. The maximum absolute atomic E-state index is 11.3. The molecule has 11 heteroatoms. The van der Waals surface area contributed by atoms with E-state index in [9.17, 15) is 9.59 Å². The lowest BCUT2D eigenvalue weighted by Gasteiger charge is -2.17. The van der Waals surface area contributed by atoms with Gasteiger partial charge in [0.1, 0.15) is 30.6 Å². The first-order valence-electron chi connectivity index (χ1n) is 7.36. The fourth-order valence-electron chi connectivity index (χ4n) is 2.63. The third-order valence-electron chi connectivity index (χ3n) is 3.61. The summed E-state index contributed by atoms with van der Waals surface area (Å²) < 4.78 is 17.8. The SMILES string of the molecule is CC(=O)OC[C@H]1O[C@H](n2cnc3c(Cl)nc(Cl)nc32)C[C@H]1OC(C)=O. The fourth-order valence-corrected chi connectivity index (χ4v) is 3.05. The van der Waals surface area contributed by atoms with Crippen LogP contribution in [0.1, 0.15) is 26.5 Å². The second-order valence-corrected chi connectivity index (χ2v) is 6.12. The molecule has 134 valence electrons. The van der Waals surface area contributed by atoms with Crippen LogP contribution >= 0.6 is 23.2 Å². The first-order chi connectivity index (χ1) is 11.8. The summed E-state index contributed by atoms with van der Waals surface area (Å²) in [6.45, 7) is 2.56. The highest BCUT2D eigenvalue weighted by atomic mass is 35.5. The van der Waals surface area contributed by atoms with Crippen LogP contribution in [0.15, 0.2) is 6.33 Å².